The van der Waals surface area contributed by atoms with Gasteiger partial charge in [-0.1, -0.05) is 43.7 Å². The molecule has 3 rings (SSSR count). The Hall–Kier alpha value is -1.46. The molecule has 0 radical (unpaired) electrons. The number of benzene rings is 2. The second kappa shape index (κ2) is 12.9. The van der Waals surface area contributed by atoms with Crippen molar-refractivity contribution in [1.29, 1.82) is 0 Å². The summed E-state index contributed by atoms with van der Waals surface area (Å²) in [7, 11) is 0. The summed E-state index contributed by atoms with van der Waals surface area (Å²) in [6, 6.07) is 18.7. The third-order valence-corrected chi connectivity index (χ3v) is 4.87. The molecule has 2 aromatic rings. The van der Waals surface area contributed by atoms with Crippen LogP contribution in [0.15, 0.2) is 54.6 Å². The van der Waals surface area contributed by atoms with E-state index in [4.69, 9.17) is 4.74 Å². The number of hydrogen-bond donors (Lipinski definition) is 1. The van der Waals surface area contributed by atoms with Gasteiger partial charge in [-0.05, 0) is 36.2 Å². The second-order valence-electron chi connectivity index (χ2n) is 6.98. The van der Waals surface area contributed by atoms with E-state index in [0.29, 0.717) is 13.2 Å². The predicted octanol–water partition coefficient (Wildman–Crippen LogP) is 4.04. The molecule has 156 valence electrons. The lowest BCUT2D eigenvalue weighted by Gasteiger charge is -2.36. The summed E-state index contributed by atoms with van der Waals surface area (Å²) in [5.74, 6) is 0.831. The van der Waals surface area contributed by atoms with Crippen LogP contribution in [0.3, 0.4) is 0 Å². The fourth-order valence-corrected chi connectivity index (χ4v) is 3.41. The van der Waals surface area contributed by atoms with Crippen molar-refractivity contribution in [3.8, 4) is 5.75 Å². The van der Waals surface area contributed by atoms with E-state index in [-0.39, 0.29) is 24.8 Å². The summed E-state index contributed by atoms with van der Waals surface area (Å²) in [6.45, 7) is 7.12. The van der Waals surface area contributed by atoms with Crippen LogP contribution >= 0.6 is 24.8 Å². The number of piperazine rings is 1. The Kier molecular flexibility index (Phi) is 11.3. The van der Waals surface area contributed by atoms with E-state index in [0.717, 1.165) is 44.8 Å². The minimum Gasteiger partial charge on any atom is -0.491 e. The van der Waals surface area contributed by atoms with Gasteiger partial charge in [0, 0.05) is 38.4 Å². The molecule has 1 aliphatic rings. The van der Waals surface area contributed by atoms with Crippen LogP contribution in [-0.4, -0.2) is 55.4 Å². The Morgan fingerprint density at radius 2 is 1.57 bits per heavy atom. The smallest absolute Gasteiger partial charge is 0.119 e. The molecule has 1 N–H and O–H groups in total. The van der Waals surface area contributed by atoms with Crippen molar-refractivity contribution >= 4 is 30.5 Å². The van der Waals surface area contributed by atoms with Crippen molar-refractivity contribution in [2.75, 3.05) is 44.2 Å². The highest BCUT2D eigenvalue weighted by Crippen LogP contribution is 2.16. The van der Waals surface area contributed by atoms with Gasteiger partial charge in [0.15, 0.2) is 0 Å². The number of rotatable bonds is 8. The van der Waals surface area contributed by atoms with Crippen molar-refractivity contribution in [2.24, 2.45) is 0 Å². The van der Waals surface area contributed by atoms with E-state index >= 15 is 0 Å². The van der Waals surface area contributed by atoms with E-state index < -0.39 is 6.10 Å². The molecule has 1 saturated heterocycles. The zero-order valence-electron chi connectivity index (χ0n) is 16.5. The molecule has 1 unspecified atom stereocenters. The molecular weight excluding hydrogens is 395 g/mol. The van der Waals surface area contributed by atoms with Crippen molar-refractivity contribution in [3.05, 3.63) is 60.2 Å². The Balaban J connectivity index is 0.00000196. The molecule has 0 spiro atoms. The summed E-state index contributed by atoms with van der Waals surface area (Å²) in [5.41, 5.74) is 2.61. The second-order valence-corrected chi connectivity index (χ2v) is 6.98. The first kappa shape index (κ1) is 24.6. The summed E-state index contributed by atoms with van der Waals surface area (Å²) >= 11 is 0. The van der Waals surface area contributed by atoms with Crippen molar-refractivity contribution in [3.63, 3.8) is 0 Å². The normalized spacial score (nSPS) is 15.3. The van der Waals surface area contributed by atoms with Gasteiger partial charge in [0.2, 0.25) is 0 Å². The summed E-state index contributed by atoms with van der Waals surface area (Å²) < 4.78 is 5.75. The SMILES string of the molecule is CCCc1ccc(OCC(O)CN2CCN(c3ccccc3)CC2)cc1.Cl.Cl. The molecule has 0 amide bonds. The topological polar surface area (TPSA) is 35.9 Å². The Bertz CT molecular complexity index is 647. The molecule has 1 fully saturated rings. The molecule has 6 heteroatoms. The maximum atomic E-state index is 10.3. The predicted molar refractivity (Wildman–Crippen MR) is 122 cm³/mol. The third kappa shape index (κ3) is 7.51. The Labute approximate surface area is 181 Å². The number of para-hydroxylation sites is 1. The molecule has 1 atom stereocenters. The average molecular weight is 427 g/mol. The Morgan fingerprint density at radius 3 is 2.18 bits per heavy atom. The average Bonchev–Trinajstić information content (AvgIpc) is 2.69. The van der Waals surface area contributed by atoms with Gasteiger partial charge in [-0.15, -0.1) is 24.8 Å². The minimum absolute atomic E-state index is 0. The van der Waals surface area contributed by atoms with E-state index in [1.54, 1.807) is 0 Å². The molecule has 0 bridgehead atoms. The molecule has 0 aromatic heterocycles. The van der Waals surface area contributed by atoms with E-state index in [9.17, 15) is 5.11 Å². The standard InChI is InChI=1S/C22H30N2O2.2ClH/c1-2-6-19-9-11-22(12-10-19)26-18-21(25)17-23-13-15-24(16-14-23)20-7-4-3-5-8-20;;/h3-5,7-12,21,25H,2,6,13-18H2,1H3;2*1H. The molecule has 2 aromatic carbocycles. The van der Waals surface area contributed by atoms with Gasteiger partial charge < -0.3 is 14.7 Å². The monoisotopic (exact) mass is 426 g/mol. The van der Waals surface area contributed by atoms with Crippen molar-refractivity contribution in [1.82, 2.24) is 4.90 Å². The minimum atomic E-state index is -0.464. The van der Waals surface area contributed by atoms with E-state index in [2.05, 4.69) is 53.1 Å². The van der Waals surface area contributed by atoms with Gasteiger partial charge in [0.05, 0.1) is 0 Å². The summed E-state index contributed by atoms with van der Waals surface area (Å²) in [4.78, 5) is 4.72. The van der Waals surface area contributed by atoms with Crippen LogP contribution in [0, 0.1) is 0 Å². The highest BCUT2D eigenvalue weighted by Gasteiger charge is 2.19. The maximum absolute atomic E-state index is 10.3. The van der Waals surface area contributed by atoms with Gasteiger partial charge in [0.25, 0.3) is 0 Å². The first-order chi connectivity index (χ1) is 12.7. The largest absolute Gasteiger partial charge is 0.491 e. The first-order valence-corrected chi connectivity index (χ1v) is 9.66. The molecular formula is C22H32Cl2N2O2. The molecule has 0 saturated carbocycles. The molecule has 1 aliphatic heterocycles. The lowest BCUT2D eigenvalue weighted by Crippen LogP contribution is -2.49. The zero-order valence-corrected chi connectivity index (χ0v) is 18.1. The van der Waals surface area contributed by atoms with Gasteiger partial charge in [-0.2, -0.15) is 0 Å². The van der Waals surface area contributed by atoms with Gasteiger partial charge in [-0.3, -0.25) is 4.90 Å². The number of halogens is 2. The van der Waals surface area contributed by atoms with Gasteiger partial charge in [0.1, 0.15) is 18.5 Å². The zero-order chi connectivity index (χ0) is 18.2. The van der Waals surface area contributed by atoms with Crippen molar-refractivity contribution in [2.45, 2.75) is 25.9 Å². The van der Waals surface area contributed by atoms with Crippen LogP contribution < -0.4 is 9.64 Å². The lowest BCUT2D eigenvalue weighted by molar-refractivity contribution is 0.0663. The number of aliphatic hydroxyl groups is 1. The number of nitrogens with zero attached hydrogens (tertiary/aromatic N) is 2. The highest BCUT2D eigenvalue weighted by molar-refractivity contribution is 5.85. The molecule has 28 heavy (non-hydrogen) atoms. The van der Waals surface area contributed by atoms with Crippen LogP contribution in [-0.2, 0) is 6.42 Å². The lowest BCUT2D eigenvalue weighted by atomic mass is 10.1. The van der Waals surface area contributed by atoms with Gasteiger partial charge in [-0.25, -0.2) is 0 Å². The van der Waals surface area contributed by atoms with Crippen molar-refractivity contribution < 1.29 is 9.84 Å². The van der Waals surface area contributed by atoms with Crippen LogP contribution in [0.2, 0.25) is 0 Å². The van der Waals surface area contributed by atoms with E-state index in [1.165, 1.54) is 11.3 Å². The first-order valence-electron chi connectivity index (χ1n) is 9.66. The number of aryl methyl sites for hydroxylation is 1. The maximum Gasteiger partial charge on any atom is 0.119 e. The van der Waals surface area contributed by atoms with E-state index in [1.807, 2.05) is 18.2 Å². The Morgan fingerprint density at radius 1 is 0.929 bits per heavy atom. The number of hydrogen-bond acceptors (Lipinski definition) is 4. The fourth-order valence-electron chi connectivity index (χ4n) is 3.41. The summed E-state index contributed by atoms with van der Waals surface area (Å²) in [5, 5.41) is 10.3. The van der Waals surface area contributed by atoms with Crippen LogP contribution in [0.4, 0.5) is 5.69 Å². The number of β-amino-alcohol motifs (C(OH)–C–C–N with tert-alkyl or cyclic N) is 1. The number of aliphatic hydroxyl groups excluding tert-OH is 1. The molecule has 1 heterocycles. The number of anilines is 1. The van der Waals surface area contributed by atoms with Crippen LogP contribution in [0.5, 0.6) is 5.75 Å². The molecule has 0 aliphatic carbocycles. The third-order valence-electron chi connectivity index (χ3n) is 4.87. The number of ether oxygens (including phenoxy) is 1. The highest BCUT2D eigenvalue weighted by atomic mass is 35.5. The van der Waals surface area contributed by atoms with Crippen LogP contribution in [0.25, 0.3) is 0 Å². The van der Waals surface area contributed by atoms with Gasteiger partial charge >= 0.3 is 0 Å². The fraction of sp³-hybridized carbons (Fsp3) is 0.455. The molecule has 4 nitrogen and oxygen atoms in total. The quantitative estimate of drug-likeness (QED) is 0.690. The summed E-state index contributed by atoms with van der Waals surface area (Å²) in [6.07, 6.45) is 1.78. The van der Waals surface area contributed by atoms with Crippen LogP contribution in [0.1, 0.15) is 18.9 Å².